The molecule has 0 bridgehead atoms. The Morgan fingerprint density at radius 1 is 1.21 bits per heavy atom. The van der Waals surface area contributed by atoms with Gasteiger partial charge >= 0.3 is 0 Å². The first-order chi connectivity index (χ1) is 11.7. The summed E-state index contributed by atoms with van der Waals surface area (Å²) in [6, 6.07) is 12.4. The molecule has 1 aromatic carbocycles. The van der Waals surface area contributed by atoms with Crippen LogP contribution in [-0.4, -0.2) is 41.0 Å². The molecule has 2 amide bonds. The number of carbonyl (C=O) groups is 2. The van der Waals surface area contributed by atoms with Crippen LogP contribution in [0.25, 0.3) is 0 Å². The number of benzene rings is 1. The SMILES string of the molecule is CC[C@@H](CO)N(Cc1cccs1)C(=O)CNC(=O)c1ccccc1. The molecule has 2 rings (SSSR count). The van der Waals surface area contributed by atoms with Crippen LogP contribution in [0.2, 0.25) is 0 Å². The van der Waals surface area contributed by atoms with Gasteiger partial charge in [-0.2, -0.15) is 0 Å². The second kappa shape index (κ2) is 9.20. The first-order valence-corrected chi connectivity index (χ1v) is 8.79. The lowest BCUT2D eigenvalue weighted by Crippen LogP contribution is -2.46. The molecule has 0 aliphatic heterocycles. The number of thiophene rings is 1. The van der Waals surface area contributed by atoms with Crippen LogP contribution in [-0.2, 0) is 11.3 Å². The highest BCUT2D eigenvalue weighted by Gasteiger charge is 2.22. The predicted octanol–water partition coefficient (Wildman–Crippen LogP) is 2.28. The molecule has 5 nitrogen and oxygen atoms in total. The minimum Gasteiger partial charge on any atom is -0.394 e. The number of nitrogens with zero attached hydrogens (tertiary/aromatic N) is 1. The summed E-state index contributed by atoms with van der Waals surface area (Å²) < 4.78 is 0. The van der Waals surface area contributed by atoms with Crippen molar-refractivity contribution < 1.29 is 14.7 Å². The largest absolute Gasteiger partial charge is 0.394 e. The molecule has 0 saturated heterocycles. The van der Waals surface area contributed by atoms with Crippen molar-refractivity contribution in [2.24, 2.45) is 0 Å². The van der Waals surface area contributed by atoms with Gasteiger partial charge in [-0.3, -0.25) is 9.59 Å². The van der Waals surface area contributed by atoms with Gasteiger partial charge in [0.2, 0.25) is 5.91 Å². The third kappa shape index (κ3) is 4.91. The van der Waals surface area contributed by atoms with Crippen LogP contribution in [0.15, 0.2) is 47.8 Å². The van der Waals surface area contributed by atoms with E-state index in [1.54, 1.807) is 40.5 Å². The molecule has 128 valence electrons. The Morgan fingerprint density at radius 3 is 2.54 bits per heavy atom. The summed E-state index contributed by atoms with van der Waals surface area (Å²) in [5, 5.41) is 14.2. The Kier molecular flexibility index (Phi) is 6.96. The Hall–Kier alpha value is -2.18. The Bertz CT molecular complexity index is 640. The molecule has 1 atom stereocenters. The van der Waals surface area contributed by atoms with Gasteiger partial charge in [0.05, 0.1) is 25.7 Å². The molecule has 0 unspecified atom stereocenters. The molecule has 6 heteroatoms. The number of carbonyl (C=O) groups excluding carboxylic acids is 2. The molecule has 0 aliphatic carbocycles. The van der Waals surface area contributed by atoms with Crippen molar-refractivity contribution in [3.8, 4) is 0 Å². The standard InChI is InChI=1S/C18H22N2O3S/c1-2-15(13-21)20(12-16-9-6-10-24-16)17(22)11-19-18(23)14-7-4-3-5-8-14/h3-10,15,21H,2,11-13H2,1H3,(H,19,23)/t15-/m0/s1. The summed E-state index contributed by atoms with van der Waals surface area (Å²) in [4.78, 5) is 27.3. The second-order valence-corrected chi connectivity index (χ2v) is 6.43. The lowest BCUT2D eigenvalue weighted by Gasteiger charge is -2.29. The van der Waals surface area contributed by atoms with E-state index in [1.807, 2.05) is 30.5 Å². The highest BCUT2D eigenvalue weighted by atomic mass is 32.1. The van der Waals surface area contributed by atoms with Crippen LogP contribution in [0.4, 0.5) is 0 Å². The molecular weight excluding hydrogens is 324 g/mol. The van der Waals surface area contributed by atoms with Gasteiger partial charge in [-0.15, -0.1) is 11.3 Å². The summed E-state index contributed by atoms with van der Waals surface area (Å²) in [5.41, 5.74) is 0.518. The number of hydrogen-bond acceptors (Lipinski definition) is 4. The fourth-order valence-electron chi connectivity index (χ4n) is 2.39. The molecule has 1 heterocycles. The van der Waals surface area contributed by atoms with Gasteiger partial charge in [0.1, 0.15) is 0 Å². The quantitative estimate of drug-likeness (QED) is 0.770. The summed E-state index contributed by atoms with van der Waals surface area (Å²) >= 11 is 1.57. The van der Waals surface area contributed by atoms with Gasteiger partial charge in [0.15, 0.2) is 0 Å². The summed E-state index contributed by atoms with van der Waals surface area (Å²) in [6.45, 7) is 2.19. The summed E-state index contributed by atoms with van der Waals surface area (Å²) in [7, 11) is 0. The maximum absolute atomic E-state index is 12.6. The van der Waals surface area contributed by atoms with E-state index in [-0.39, 0.29) is 31.0 Å². The van der Waals surface area contributed by atoms with Crippen molar-refractivity contribution in [2.75, 3.05) is 13.2 Å². The molecule has 24 heavy (non-hydrogen) atoms. The number of aliphatic hydroxyl groups is 1. The zero-order chi connectivity index (χ0) is 17.4. The molecule has 0 fully saturated rings. The zero-order valence-corrected chi connectivity index (χ0v) is 14.5. The van der Waals surface area contributed by atoms with Crippen molar-refractivity contribution in [1.82, 2.24) is 10.2 Å². The van der Waals surface area contributed by atoms with Gasteiger partial charge in [0, 0.05) is 10.4 Å². The Labute approximate surface area is 145 Å². The molecule has 0 saturated carbocycles. The third-order valence-corrected chi connectivity index (χ3v) is 4.65. The second-order valence-electron chi connectivity index (χ2n) is 5.39. The highest BCUT2D eigenvalue weighted by molar-refractivity contribution is 7.09. The van der Waals surface area contributed by atoms with Crippen molar-refractivity contribution in [3.63, 3.8) is 0 Å². The monoisotopic (exact) mass is 346 g/mol. The maximum Gasteiger partial charge on any atom is 0.251 e. The zero-order valence-electron chi connectivity index (χ0n) is 13.6. The molecule has 0 radical (unpaired) electrons. The van der Waals surface area contributed by atoms with Gasteiger partial charge in [-0.25, -0.2) is 0 Å². The van der Waals surface area contributed by atoms with Crippen LogP contribution in [0, 0.1) is 0 Å². The van der Waals surface area contributed by atoms with Crippen LogP contribution >= 0.6 is 11.3 Å². The van der Waals surface area contributed by atoms with Gasteiger partial charge in [-0.05, 0) is 30.0 Å². The van der Waals surface area contributed by atoms with E-state index in [0.717, 1.165) is 4.88 Å². The van der Waals surface area contributed by atoms with E-state index in [0.29, 0.717) is 18.5 Å². The number of aliphatic hydroxyl groups excluding tert-OH is 1. The number of rotatable bonds is 8. The third-order valence-electron chi connectivity index (χ3n) is 3.79. The highest BCUT2D eigenvalue weighted by Crippen LogP contribution is 2.15. The van der Waals surface area contributed by atoms with Crippen LogP contribution in [0.5, 0.6) is 0 Å². The van der Waals surface area contributed by atoms with Crippen molar-refractivity contribution in [3.05, 3.63) is 58.3 Å². The minimum atomic E-state index is -0.280. The van der Waals surface area contributed by atoms with Gasteiger partial charge in [0.25, 0.3) is 5.91 Å². The van der Waals surface area contributed by atoms with E-state index >= 15 is 0 Å². The Morgan fingerprint density at radius 2 is 1.96 bits per heavy atom. The van der Waals surface area contributed by atoms with Gasteiger partial charge < -0.3 is 15.3 Å². The average Bonchev–Trinajstić information content (AvgIpc) is 3.13. The van der Waals surface area contributed by atoms with E-state index in [9.17, 15) is 14.7 Å². The average molecular weight is 346 g/mol. The number of hydrogen-bond donors (Lipinski definition) is 2. The fraction of sp³-hybridized carbons (Fsp3) is 0.333. The lowest BCUT2D eigenvalue weighted by atomic mass is 10.2. The van der Waals surface area contributed by atoms with Crippen molar-refractivity contribution in [2.45, 2.75) is 25.9 Å². The topological polar surface area (TPSA) is 69.6 Å². The molecule has 2 aromatic rings. The van der Waals surface area contributed by atoms with Crippen molar-refractivity contribution in [1.29, 1.82) is 0 Å². The number of amides is 2. The first-order valence-electron chi connectivity index (χ1n) is 7.91. The molecule has 1 aromatic heterocycles. The fourth-order valence-corrected chi connectivity index (χ4v) is 3.09. The van der Waals surface area contributed by atoms with E-state index < -0.39 is 0 Å². The predicted molar refractivity (Wildman–Crippen MR) is 94.8 cm³/mol. The van der Waals surface area contributed by atoms with Crippen molar-refractivity contribution >= 4 is 23.2 Å². The molecule has 0 spiro atoms. The first kappa shape index (κ1) is 18.2. The normalized spacial score (nSPS) is 11.8. The maximum atomic E-state index is 12.6. The summed E-state index contributed by atoms with van der Waals surface area (Å²) in [6.07, 6.45) is 0.653. The van der Waals surface area contributed by atoms with E-state index in [1.165, 1.54) is 0 Å². The van der Waals surface area contributed by atoms with E-state index in [2.05, 4.69) is 5.32 Å². The number of nitrogens with one attached hydrogen (secondary N) is 1. The summed E-state index contributed by atoms with van der Waals surface area (Å²) in [5.74, 6) is -0.481. The van der Waals surface area contributed by atoms with Gasteiger partial charge in [-0.1, -0.05) is 31.2 Å². The Balaban J connectivity index is 2.00. The van der Waals surface area contributed by atoms with E-state index in [4.69, 9.17) is 0 Å². The van der Waals surface area contributed by atoms with Crippen LogP contribution in [0.3, 0.4) is 0 Å². The molecule has 0 aliphatic rings. The van der Waals surface area contributed by atoms with Crippen LogP contribution < -0.4 is 5.32 Å². The lowest BCUT2D eigenvalue weighted by molar-refractivity contribution is -0.134. The van der Waals surface area contributed by atoms with Crippen LogP contribution in [0.1, 0.15) is 28.6 Å². The minimum absolute atomic E-state index is 0.0877. The smallest absolute Gasteiger partial charge is 0.251 e. The molecule has 2 N–H and O–H groups in total. The molecular formula is C18H22N2O3S.